The van der Waals surface area contributed by atoms with Gasteiger partial charge in [0.2, 0.25) is 0 Å². The van der Waals surface area contributed by atoms with E-state index in [1.807, 2.05) is 0 Å². The molecule has 0 aromatic rings. The number of likely N-dealkylation sites (tertiary alicyclic amines) is 1. The van der Waals surface area contributed by atoms with Crippen LogP contribution < -0.4 is 5.73 Å². The summed E-state index contributed by atoms with van der Waals surface area (Å²) in [7, 11) is 0. The van der Waals surface area contributed by atoms with Crippen molar-refractivity contribution in [1.82, 2.24) is 4.90 Å². The molecule has 0 spiro atoms. The van der Waals surface area contributed by atoms with E-state index in [0.717, 1.165) is 26.1 Å². The van der Waals surface area contributed by atoms with E-state index in [2.05, 4.69) is 11.8 Å². The molecule has 0 aromatic carbocycles. The van der Waals surface area contributed by atoms with E-state index >= 15 is 0 Å². The molecule has 1 heterocycles. The highest BCUT2D eigenvalue weighted by molar-refractivity contribution is 4.65. The average Bonchev–Trinajstić information content (AvgIpc) is 2.57. The van der Waals surface area contributed by atoms with Crippen molar-refractivity contribution in [2.45, 2.75) is 32.3 Å². The van der Waals surface area contributed by atoms with E-state index in [1.54, 1.807) is 0 Å². The molecule has 0 aliphatic carbocycles. The van der Waals surface area contributed by atoms with Gasteiger partial charge in [-0.1, -0.05) is 0 Å². The van der Waals surface area contributed by atoms with Crippen molar-refractivity contribution in [1.29, 1.82) is 0 Å². The van der Waals surface area contributed by atoms with Crippen LogP contribution in [0.5, 0.6) is 0 Å². The van der Waals surface area contributed by atoms with Gasteiger partial charge in [-0.2, -0.15) is 0 Å². The zero-order chi connectivity index (χ0) is 9.52. The highest BCUT2D eigenvalue weighted by Gasteiger charge is 2.11. The summed E-state index contributed by atoms with van der Waals surface area (Å²) in [5.74, 6) is 0. The van der Waals surface area contributed by atoms with Crippen molar-refractivity contribution in [3.05, 3.63) is 0 Å². The van der Waals surface area contributed by atoms with E-state index in [9.17, 15) is 0 Å². The summed E-state index contributed by atoms with van der Waals surface area (Å²) in [5.41, 5.74) is 5.43. The van der Waals surface area contributed by atoms with E-state index in [4.69, 9.17) is 10.5 Å². The molecule has 13 heavy (non-hydrogen) atoms. The van der Waals surface area contributed by atoms with Gasteiger partial charge in [0, 0.05) is 6.54 Å². The largest absolute Gasteiger partial charge is 0.377 e. The maximum absolute atomic E-state index is 5.62. The van der Waals surface area contributed by atoms with Crippen LogP contribution in [0.15, 0.2) is 0 Å². The van der Waals surface area contributed by atoms with E-state index < -0.39 is 0 Å². The number of rotatable bonds is 6. The van der Waals surface area contributed by atoms with Gasteiger partial charge in [0.15, 0.2) is 0 Å². The lowest BCUT2D eigenvalue weighted by molar-refractivity contribution is 0.0487. The zero-order valence-electron chi connectivity index (χ0n) is 8.67. The Kier molecular flexibility index (Phi) is 5.35. The molecule has 0 radical (unpaired) electrons. The number of nitrogens with two attached hydrogens (primary N) is 1. The third-order valence-corrected chi connectivity index (χ3v) is 2.58. The van der Waals surface area contributed by atoms with Gasteiger partial charge in [-0.25, -0.2) is 0 Å². The summed E-state index contributed by atoms with van der Waals surface area (Å²) in [6.07, 6.45) is 4.02. The van der Waals surface area contributed by atoms with Gasteiger partial charge in [-0.05, 0) is 45.8 Å². The van der Waals surface area contributed by atoms with Crippen LogP contribution in [0, 0.1) is 0 Å². The molecule has 1 rings (SSSR count). The maximum Gasteiger partial charge on any atom is 0.0597 e. The fraction of sp³-hybridized carbons (Fsp3) is 1.00. The highest BCUT2D eigenvalue weighted by atomic mass is 16.5. The minimum absolute atomic E-state index is 0.326. The molecular weight excluding hydrogens is 164 g/mol. The van der Waals surface area contributed by atoms with Crippen LogP contribution in [0.4, 0.5) is 0 Å². The van der Waals surface area contributed by atoms with Crippen LogP contribution in [0.25, 0.3) is 0 Å². The van der Waals surface area contributed by atoms with Crippen molar-refractivity contribution < 1.29 is 4.74 Å². The predicted molar refractivity (Wildman–Crippen MR) is 54.8 cm³/mol. The molecule has 3 heteroatoms. The Balaban J connectivity index is 1.93. The number of hydrogen-bond donors (Lipinski definition) is 1. The van der Waals surface area contributed by atoms with Crippen LogP contribution in [0.3, 0.4) is 0 Å². The summed E-state index contributed by atoms with van der Waals surface area (Å²) < 4.78 is 5.62. The van der Waals surface area contributed by atoms with E-state index in [0.29, 0.717) is 6.10 Å². The van der Waals surface area contributed by atoms with Gasteiger partial charge >= 0.3 is 0 Å². The molecule has 0 saturated carbocycles. The van der Waals surface area contributed by atoms with E-state index in [1.165, 1.54) is 25.9 Å². The maximum atomic E-state index is 5.62. The first-order chi connectivity index (χ1) is 6.33. The molecule has 1 fully saturated rings. The van der Waals surface area contributed by atoms with E-state index in [-0.39, 0.29) is 0 Å². The van der Waals surface area contributed by atoms with Crippen LogP contribution in [0.1, 0.15) is 26.2 Å². The lowest BCUT2D eigenvalue weighted by atomic mass is 10.3. The Labute approximate surface area is 81.2 Å². The van der Waals surface area contributed by atoms with Gasteiger partial charge in [0.25, 0.3) is 0 Å². The molecule has 1 aliphatic heterocycles. The highest BCUT2D eigenvalue weighted by Crippen LogP contribution is 2.06. The quantitative estimate of drug-likeness (QED) is 0.668. The standard InChI is InChI=1S/C10H22N2O/c1-10(4-5-11)13-9-8-12-6-2-3-7-12/h10H,2-9,11H2,1H3. The minimum Gasteiger partial charge on any atom is -0.377 e. The van der Waals surface area contributed by atoms with Gasteiger partial charge in [-0.3, -0.25) is 0 Å². The summed E-state index contributed by atoms with van der Waals surface area (Å²) >= 11 is 0. The number of nitrogens with zero attached hydrogens (tertiary/aromatic N) is 1. The van der Waals surface area contributed by atoms with Crippen molar-refractivity contribution in [3.63, 3.8) is 0 Å². The van der Waals surface area contributed by atoms with Crippen molar-refractivity contribution >= 4 is 0 Å². The molecule has 1 atom stereocenters. The SMILES string of the molecule is CC(CCN)OCCN1CCCC1. The molecule has 3 nitrogen and oxygen atoms in total. The molecule has 1 saturated heterocycles. The molecule has 1 unspecified atom stereocenters. The van der Waals surface area contributed by atoms with Crippen LogP contribution in [0.2, 0.25) is 0 Å². The third-order valence-electron chi connectivity index (χ3n) is 2.58. The average molecular weight is 186 g/mol. The predicted octanol–water partition coefficient (Wildman–Crippen LogP) is 0.836. The lowest BCUT2D eigenvalue weighted by Crippen LogP contribution is -2.26. The Morgan fingerprint density at radius 1 is 1.38 bits per heavy atom. The minimum atomic E-state index is 0.326. The molecule has 0 aromatic heterocycles. The summed E-state index contributed by atoms with van der Waals surface area (Å²) in [6.45, 7) is 7.29. The molecule has 0 bridgehead atoms. The van der Waals surface area contributed by atoms with Gasteiger partial charge < -0.3 is 15.4 Å². The summed E-state index contributed by atoms with van der Waals surface area (Å²) in [6, 6.07) is 0. The second kappa shape index (κ2) is 6.35. The molecule has 0 amide bonds. The summed E-state index contributed by atoms with van der Waals surface area (Å²) in [4.78, 5) is 2.47. The first-order valence-corrected chi connectivity index (χ1v) is 5.37. The lowest BCUT2D eigenvalue weighted by Gasteiger charge is -2.17. The van der Waals surface area contributed by atoms with Crippen molar-refractivity contribution in [2.75, 3.05) is 32.8 Å². The third kappa shape index (κ3) is 4.60. The Hall–Kier alpha value is -0.120. The molecule has 1 aliphatic rings. The number of hydrogen-bond acceptors (Lipinski definition) is 3. The van der Waals surface area contributed by atoms with Crippen molar-refractivity contribution in [3.8, 4) is 0 Å². The molecular formula is C10H22N2O. The van der Waals surface area contributed by atoms with Gasteiger partial charge in [0.1, 0.15) is 0 Å². The van der Waals surface area contributed by atoms with Crippen LogP contribution in [-0.2, 0) is 4.74 Å². The summed E-state index contributed by atoms with van der Waals surface area (Å²) in [5, 5.41) is 0. The fourth-order valence-corrected chi connectivity index (χ4v) is 1.71. The topological polar surface area (TPSA) is 38.5 Å². The Morgan fingerprint density at radius 3 is 2.69 bits per heavy atom. The first kappa shape index (κ1) is 11.0. The molecule has 78 valence electrons. The smallest absolute Gasteiger partial charge is 0.0597 e. The first-order valence-electron chi connectivity index (χ1n) is 5.37. The van der Waals surface area contributed by atoms with Gasteiger partial charge in [-0.15, -0.1) is 0 Å². The Morgan fingerprint density at radius 2 is 2.08 bits per heavy atom. The monoisotopic (exact) mass is 186 g/mol. The fourth-order valence-electron chi connectivity index (χ4n) is 1.71. The van der Waals surface area contributed by atoms with Crippen LogP contribution >= 0.6 is 0 Å². The zero-order valence-corrected chi connectivity index (χ0v) is 8.67. The molecule has 2 N–H and O–H groups in total. The number of ether oxygens (including phenoxy) is 1. The second-order valence-corrected chi connectivity index (χ2v) is 3.81. The van der Waals surface area contributed by atoms with Crippen LogP contribution in [-0.4, -0.2) is 43.8 Å². The van der Waals surface area contributed by atoms with Gasteiger partial charge in [0.05, 0.1) is 12.7 Å². The van der Waals surface area contributed by atoms with Crippen molar-refractivity contribution in [2.24, 2.45) is 5.73 Å². The second-order valence-electron chi connectivity index (χ2n) is 3.81. The normalized spacial score (nSPS) is 20.8. The Bertz CT molecular complexity index is 124.